The van der Waals surface area contributed by atoms with Crippen molar-refractivity contribution in [3.63, 3.8) is 0 Å². The van der Waals surface area contributed by atoms with Crippen LogP contribution in [0.4, 0.5) is 5.69 Å². The van der Waals surface area contributed by atoms with Crippen LogP contribution < -0.4 is 15.0 Å². The first-order chi connectivity index (χ1) is 17.9. The van der Waals surface area contributed by atoms with Gasteiger partial charge in [0.05, 0.1) is 12.4 Å². The smallest absolute Gasteiger partial charge is 0.264 e. The first kappa shape index (κ1) is 26.3. The van der Waals surface area contributed by atoms with E-state index in [2.05, 4.69) is 5.32 Å². The van der Waals surface area contributed by atoms with Gasteiger partial charge >= 0.3 is 0 Å². The summed E-state index contributed by atoms with van der Waals surface area (Å²) in [4.78, 5) is 28.1. The van der Waals surface area contributed by atoms with Gasteiger partial charge in [0, 0.05) is 17.3 Å². The number of nitriles is 1. The number of carbonyl (C=O) groups is 2. The molecule has 37 heavy (non-hydrogen) atoms. The van der Waals surface area contributed by atoms with E-state index in [1.54, 1.807) is 19.2 Å². The van der Waals surface area contributed by atoms with E-state index in [9.17, 15) is 14.9 Å². The normalized spacial score (nSPS) is 16.3. The molecule has 1 atom stereocenters. The third-order valence-electron chi connectivity index (χ3n) is 6.04. The zero-order valence-corrected chi connectivity index (χ0v) is 22.1. The molecule has 3 aromatic rings. The monoisotopic (exact) mass is 531 g/mol. The Morgan fingerprint density at radius 1 is 1.11 bits per heavy atom. The summed E-state index contributed by atoms with van der Waals surface area (Å²) < 4.78 is 5.17. The van der Waals surface area contributed by atoms with Gasteiger partial charge in [-0.25, -0.2) is 0 Å². The van der Waals surface area contributed by atoms with Crippen LogP contribution >= 0.6 is 23.4 Å². The average molecular weight is 532 g/mol. The van der Waals surface area contributed by atoms with E-state index >= 15 is 0 Å². The first-order valence-electron chi connectivity index (χ1n) is 11.8. The molecule has 0 aliphatic carbocycles. The molecule has 8 heteroatoms. The molecule has 0 spiro atoms. The summed E-state index contributed by atoms with van der Waals surface area (Å²) >= 11 is 7.53. The number of rotatable bonds is 8. The number of thioether (sulfide) groups is 1. The Balaban J connectivity index is 1.57. The molecule has 1 aliphatic rings. The number of nitrogens with zero attached hydrogens (tertiary/aromatic N) is 2. The van der Waals surface area contributed by atoms with Gasteiger partial charge in [0.1, 0.15) is 22.4 Å². The summed E-state index contributed by atoms with van der Waals surface area (Å²) in [5.74, 6) is 0.0728. The van der Waals surface area contributed by atoms with Gasteiger partial charge in [-0.1, -0.05) is 65.8 Å². The van der Waals surface area contributed by atoms with Crippen molar-refractivity contribution >= 4 is 40.9 Å². The molecule has 1 fully saturated rings. The number of benzene rings is 3. The maximum Gasteiger partial charge on any atom is 0.264 e. The van der Waals surface area contributed by atoms with E-state index in [-0.39, 0.29) is 11.5 Å². The van der Waals surface area contributed by atoms with Crippen LogP contribution in [0, 0.1) is 18.3 Å². The van der Waals surface area contributed by atoms with E-state index in [1.807, 2.05) is 73.7 Å². The van der Waals surface area contributed by atoms with Gasteiger partial charge in [-0.2, -0.15) is 5.26 Å². The number of aryl methyl sites for hydroxylation is 1. The lowest BCUT2D eigenvalue weighted by atomic mass is 10.1. The molecule has 0 saturated carbocycles. The van der Waals surface area contributed by atoms with Crippen LogP contribution in [-0.2, 0) is 22.4 Å². The van der Waals surface area contributed by atoms with Crippen LogP contribution in [0.15, 0.2) is 83.4 Å². The van der Waals surface area contributed by atoms with Crippen LogP contribution in [0.3, 0.4) is 0 Å². The Morgan fingerprint density at radius 2 is 1.81 bits per heavy atom. The van der Waals surface area contributed by atoms with Crippen LogP contribution in [0.5, 0.6) is 5.75 Å². The Labute approximate surface area is 225 Å². The van der Waals surface area contributed by atoms with Gasteiger partial charge in [-0.3, -0.25) is 14.5 Å². The lowest BCUT2D eigenvalue weighted by molar-refractivity contribution is -0.117. The lowest BCUT2D eigenvalue weighted by Crippen LogP contribution is -2.32. The Hall–Kier alpha value is -3.73. The number of methoxy groups -OCH3 is 1. The largest absolute Gasteiger partial charge is 0.497 e. The maximum absolute atomic E-state index is 13.6. The predicted octanol–water partition coefficient (Wildman–Crippen LogP) is 5.44. The zero-order chi connectivity index (χ0) is 26.4. The van der Waals surface area contributed by atoms with Crippen LogP contribution in [0.1, 0.15) is 16.7 Å². The van der Waals surface area contributed by atoms with Gasteiger partial charge in [0.2, 0.25) is 5.91 Å². The summed E-state index contributed by atoms with van der Waals surface area (Å²) in [6.45, 7) is 2.27. The molecule has 3 aromatic carbocycles. The number of hydrogen-bond donors (Lipinski definition) is 1. The lowest BCUT2D eigenvalue weighted by Gasteiger charge is -2.18. The molecule has 1 N–H and O–H groups in total. The third kappa shape index (κ3) is 6.16. The SMILES string of the molecule is COc1ccc(CCNC(=O)C(C#N)=C2SC(Cc3ccc(C)c(Cl)c3)C(=O)N2c2ccccc2)cc1. The van der Waals surface area contributed by atoms with Crippen molar-refractivity contribution in [1.82, 2.24) is 5.32 Å². The van der Waals surface area contributed by atoms with E-state index in [0.29, 0.717) is 35.1 Å². The summed E-state index contributed by atoms with van der Waals surface area (Å²) in [6, 6.07) is 24.4. The number of anilines is 1. The molecule has 0 bridgehead atoms. The van der Waals surface area contributed by atoms with Crippen molar-refractivity contribution in [3.05, 3.63) is 105 Å². The quantitative estimate of drug-likeness (QED) is 0.309. The minimum absolute atomic E-state index is 0.0821. The molecule has 1 heterocycles. The van der Waals surface area contributed by atoms with E-state index in [4.69, 9.17) is 16.3 Å². The summed E-state index contributed by atoms with van der Waals surface area (Å²) in [7, 11) is 1.61. The van der Waals surface area contributed by atoms with E-state index in [0.717, 1.165) is 22.4 Å². The van der Waals surface area contributed by atoms with Crippen LogP contribution in [0.25, 0.3) is 0 Å². The molecule has 4 rings (SSSR count). The van der Waals surface area contributed by atoms with Crippen molar-refractivity contribution in [2.24, 2.45) is 0 Å². The Morgan fingerprint density at radius 3 is 2.46 bits per heavy atom. The highest BCUT2D eigenvalue weighted by molar-refractivity contribution is 8.05. The number of para-hydroxylation sites is 1. The van der Waals surface area contributed by atoms with Crippen molar-refractivity contribution < 1.29 is 14.3 Å². The molecule has 1 unspecified atom stereocenters. The predicted molar refractivity (Wildman–Crippen MR) is 148 cm³/mol. The third-order valence-corrected chi connectivity index (χ3v) is 7.71. The van der Waals surface area contributed by atoms with Gasteiger partial charge < -0.3 is 10.1 Å². The molecular formula is C29H26ClN3O3S. The molecule has 1 aliphatic heterocycles. The topological polar surface area (TPSA) is 82.4 Å². The second-order valence-corrected chi connectivity index (χ2v) is 10.1. The van der Waals surface area contributed by atoms with Crippen LogP contribution in [0.2, 0.25) is 5.02 Å². The minimum atomic E-state index is -0.508. The number of ether oxygens (including phenoxy) is 1. The zero-order valence-electron chi connectivity index (χ0n) is 20.5. The van der Waals surface area contributed by atoms with Crippen LogP contribution in [-0.4, -0.2) is 30.7 Å². The van der Waals surface area contributed by atoms with Crippen molar-refractivity contribution in [1.29, 1.82) is 5.26 Å². The number of amides is 2. The fourth-order valence-corrected chi connectivity index (χ4v) is 5.49. The molecule has 6 nitrogen and oxygen atoms in total. The second-order valence-electron chi connectivity index (χ2n) is 8.55. The fraction of sp³-hybridized carbons (Fsp3) is 0.207. The van der Waals surface area contributed by atoms with E-state index < -0.39 is 11.2 Å². The second kappa shape index (κ2) is 12.0. The number of carbonyl (C=O) groups excluding carboxylic acids is 2. The number of halogens is 1. The van der Waals surface area contributed by atoms with Crippen molar-refractivity contribution in [2.45, 2.75) is 25.0 Å². The highest BCUT2D eigenvalue weighted by Gasteiger charge is 2.40. The molecule has 2 amide bonds. The van der Waals surface area contributed by atoms with E-state index in [1.165, 1.54) is 16.7 Å². The van der Waals surface area contributed by atoms with Gasteiger partial charge in [-0.05, 0) is 66.8 Å². The Bertz CT molecular complexity index is 1370. The van der Waals surface area contributed by atoms with Gasteiger partial charge in [0.25, 0.3) is 5.91 Å². The highest BCUT2D eigenvalue weighted by atomic mass is 35.5. The van der Waals surface area contributed by atoms with Gasteiger partial charge in [-0.15, -0.1) is 0 Å². The first-order valence-corrected chi connectivity index (χ1v) is 13.0. The molecule has 188 valence electrons. The maximum atomic E-state index is 13.6. The fourth-order valence-electron chi connectivity index (χ4n) is 3.98. The molecule has 0 aromatic heterocycles. The summed E-state index contributed by atoms with van der Waals surface area (Å²) in [5, 5.41) is 13.3. The number of hydrogen-bond acceptors (Lipinski definition) is 5. The molecular weight excluding hydrogens is 506 g/mol. The number of nitrogens with one attached hydrogen (secondary N) is 1. The highest BCUT2D eigenvalue weighted by Crippen LogP contribution is 2.42. The Kier molecular flexibility index (Phi) is 8.54. The standard InChI is InChI=1S/C29H26ClN3O3S/c1-19-8-9-21(16-25(19)30)17-26-28(35)33(22-6-4-3-5-7-22)29(37-26)24(18-31)27(34)32-15-14-20-10-12-23(36-2)13-11-20/h3-13,16,26H,14-15,17H2,1-2H3,(H,32,34). The van der Waals surface area contributed by atoms with Crippen molar-refractivity contribution in [3.8, 4) is 11.8 Å². The minimum Gasteiger partial charge on any atom is -0.497 e. The average Bonchev–Trinajstić information content (AvgIpc) is 3.22. The van der Waals surface area contributed by atoms with Gasteiger partial charge in [0.15, 0.2) is 0 Å². The molecule has 1 saturated heterocycles. The summed E-state index contributed by atoms with van der Waals surface area (Å²) in [5.41, 5.74) is 3.43. The molecule has 0 radical (unpaired) electrons. The summed E-state index contributed by atoms with van der Waals surface area (Å²) in [6.07, 6.45) is 1.02. The van der Waals surface area contributed by atoms with Crippen molar-refractivity contribution in [2.75, 3.05) is 18.6 Å².